The maximum Gasteiger partial charge on any atom is 0.417 e. The van der Waals surface area contributed by atoms with Crippen molar-refractivity contribution in [3.8, 4) is 0 Å². The van der Waals surface area contributed by atoms with Gasteiger partial charge in [-0.3, -0.25) is 4.72 Å². The van der Waals surface area contributed by atoms with Crippen molar-refractivity contribution in [3.63, 3.8) is 0 Å². The van der Waals surface area contributed by atoms with E-state index in [1.165, 1.54) is 12.1 Å². The van der Waals surface area contributed by atoms with Crippen molar-refractivity contribution in [3.05, 3.63) is 45.8 Å². The highest BCUT2D eigenvalue weighted by Gasteiger charge is 2.33. The molecule has 0 aliphatic rings. The number of rotatable bonds is 3. The van der Waals surface area contributed by atoms with Crippen LogP contribution >= 0.6 is 22.9 Å². The molecule has 0 unspecified atom stereocenters. The number of sulfonamides is 1. The lowest BCUT2D eigenvalue weighted by molar-refractivity contribution is -0.137. The molecule has 114 valence electrons. The Balaban J connectivity index is 2.36. The molecular weight excluding hydrogens is 347 g/mol. The lowest BCUT2D eigenvalue weighted by atomic mass is 10.2. The van der Waals surface area contributed by atoms with Gasteiger partial charge in [-0.15, -0.1) is 11.3 Å². The molecule has 1 aromatic heterocycles. The standard InChI is InChI=1S/C12H9ClF3NO2S2/c1-7-2-5-11(20-7)21(18,19)17-8-3-4-10(13)9(6-8)12(14,15)16/h2-6,17H,1H3. The third-order valence-electron chi connectivity index (χ3n) is 2.50. The molecule has 0 saturated heterocycles. The van der Waals surface area contributed by atoms with Gasteiger partial charge in [0.25, 0.3) is 10.0 Å². The van der Waals surface area contributed by atoms with Gasteiger partial charge in [0.1, 0.15) is 4.21 Å². The van der Waals surface area contributed by atoms with Crippen molar-refractivity contribution in [2.75, 3.05) is 4.72 Å². The predicted molar refractivity (Wildman–Crippen MR) is 76.3 cm³/mol. The molecule has 21 heavy (non-hydrogen) atoms. The van der Waals surface area contributed by atoms with E-state index >= 15 is 0 Å². The summed E-state index contributed by atoms with van der Waals surface area (Å²) in [5, 5.41) is -0.489. The summed E-state index contributed by atoms with van der Waals surface area (Å²) in [6.07, 6.45) is -4.65. The number of nitrogens with one attached hydrogen (secondary N) is 1. The van der Waals surface area contributed by atoms with E-state index in [0.29, 0.717) is 6.07 Å². The first-order valence-corrected chi connectivity index (χ1v) is 8.23. The Bertz CT molecular complexity index is 769. The summed E-state index contributed by atoms with van der Waals surface area (Å²) in [5.74, 6) is 0. The molecule has 1 aromatic carbocycles. The van der Waals surface area contributed by atoms with E-state index in [1.807, 2.05) is 0 Å². The van der Waals surface area contributed by atoms with E-state index < -0.39 is 26.8 Å². The van der Waals surface area contributed by atoms with Crippen LogP contribution in [0.3, 0.4) is 0 Å². The molecule has 0 aliphatic heterocycles. The van der Waals surface area contributed by atoms with Crippen LogP contribution in [-0.2, 0) is 16.2 Å². The van der Waals surface area contributed by atoms with Gasteiger partial charge in [-0.05, 0) is 37.3 Å². The molecule has 0 fully saturated rings. The minimum atomic E-state index is -4.65. The molecule has 2 rings (SSSR count). The summed E-state index contributed by atoms with van der Waals surface area (Å²) in [4.78, 5) is 0.780. The van der Waals surface area contributed by atoms with Crippen LogP contribution < -0.4 is 4.72 Å². The van der Waals surface area contributed by atoms with Crippen molar-refractivity contribution in [1.29, 1.82) is 0 Å². The van der Waals surface area contributed by atoms with Crippen molar-refractivity contribution >= 4 is 38.6 Å². The number of aryl methyl sites for hydroxylation is 1. The fraction of sp³-hybridized carbons (Fsp3) is 0.167. The Morgan fingerprint density at radius 3 is 2.38 bits per heavy atom. The Labute approximate surface area is 128 Å². The second-order valence-corrected chi connectivity index (χ2v) is 7.77. The van der Waals surface area contributed by atoms with Gasteiger partial charge in [-0.1, -0.05) is 11.6 Å². The zero-order valence-corrected chi connectivity index (χ0v) is 12.9. The van der Waals surface area contributed by atoms with Crippen molar-refractivity contribution < 1.29 is 21.6 Å². The molecule has 0 aliphatic carbocycles. The summed E-state index contributed by atoms with van der Waals surface area (Å²) in [6, 6.07) is 5.85. The number of thiophene rings is 1. The van der Waals surface area contributed by atoms with Gasteiger partial charge in [-0.25, -0.2) is 8.42 Å². The van der Waals surface area contributed by atoms with Crippen LogP contribution in [0.2, 0.25) is 5.02 Å². The summed E-state index contributed by atoms with van der Waals surface area (Å²) < 4.78 is 64.4. The minimum absolute atomic E-state index is 0.0310. The molecule has 0 spiro atoms. The predicted octanol–water partition coefficient (Wildman–Crippen LogP) is 4.53. The van der Waals surface area contributed by atoms with Crippen LogP contribution in [0.4, 0.5) is 18.9 Å². The van der Waals surface area contributed by atoms with Crippen LogP contribution in [0.25, 0.3) is 0 Å². The molecule has 0 amide bonds. The van der Waals surface area contributed by atoms with E-state index in [2.05, 4.69) is 4.72 Å². The minimum Gasteiger partial charge on any atom is -0.279 e. The lowest BCUT2D eigenvalue weighted by Crippen LogP contribution is -2.13. The maximum atomic E-state index is 12.7. The van der Waals surface area contributed by atoms with Crippen LogP contribution in [0, 0.1) is 6.92 Å². The van der Waals surface area contributed by atoms with Crippen molar-refractivity contribution in [2.45, 2.75) is 17.3 Å². The van der Waals surface area contributed by atoms with E-state index in [4.69, 9.17) is 11.6 Å². The van der Waals surface area contributed by atoms with Gasteiger partial charge < -0.3 is 0 Å². The Hall–Kier alpha value is -1.25. The van der Waals surface area contributed by atoms with E-state index in [9.17, 15) is 21.6 Å². The molecule has 1 heterocycles. The van der Waals surface area contributed by atoms with Gasteiger partial charge in [0.05, 0.1) is 10.6 Å². The third-order valence-corrected chi connectivity index (χ3v) is 5.71. The topological polar surface area (TPSA) is 46.2 Å². The summed E-state index contributed by atoms with van der Waals surface area (Å²) in [7, 11) is -3.91. The Morgan fingerprint density at radius 1 is 1.19 bits per heavy atom. The maximum absolute atomic E-state index is 12.7. The molecule has 0 atom stereocenters. The number of benzene rings is 1. The number of halogens is 4. The molecule has 0 saturated carbocycles. The van der Waals surface area contributed by atoms with Crippen LogP contribution in [0.1, 0.15) is 10.4 Å². The molecular formula is C12H9ClF3NO2S2. The summed E-state index contributed by atoms with van der Waals surface area (Å²) in [6.45, 7) is 1.73. The van der Waals surface area contributed by atoms with E-state index in [1.54, 1.807) is 13.0 Å². The first-order valence-electron chi connectivity index (χ1n) is 5.55. The molecule has 3 nitrogen and oxygen atoms in total. The average Bonchev–Trinajstić information content (AvgIpc) is 2.77. The van der Waals surface area contributed by atoms with E-state index in [-0.39, 0.29) is 9.90 Å². The number of hydrogen-bond donors (Lipinski definition) is 1. The van der Waals surface area contributed by atoms with Gasteiger partial charge in [0.15, 0.2) is 0 Å². The number of hydrogen-bond acceptors (Lipinski definition) is 3. The number of alkyl halides is 3. The highest BCUT2D eigenvalue weighted by molar-refractivity contribution is 7.94. The second-order valence-electron chi connectivity index (χ2n) is 4.16. The fourth-order valence-electron chi connectivity index (χ4n) is 1.57. The monoisotopic (exact) mass is 355 g/mol. The van der Waals surface area contributed by atoms with E-state index in [0.717, 1.165) is 22.3 Å². The molecule has 1 N–H and O–H groups in total. The Kier molecular flexibility index (Phi) is 4.23. The van der Waals surface area contributed by atoms with Crippen LogP contribution in [0.5, 0.6) is 0 Å². The first-order chi connectivity index (χ1) is 9.59. The second kappa shape index (κ2) is 5.51. The highest BCUT2D eigenvalue weighted by atomic mass is 35.5. The summed E-state index contributed by atoms with van der Waals surface area (Å²) in [5.41, 5.74) is -1.29. The number of anilines is 1. The zero-order valence-electron chi connectivity index (χ0n) is 10.5. The summed E-state index contributed by atoms with van der Waals surface area (Å²) >= 11 is 6.51. The van der Waals surface area contributed by atoms with Gasteiger partial charge in [0.2, 0.25) is 0 Å². The SMILES string of the molecule is Cc1ccc(S(=O)(=O)Nc2ccc(Cl)c(C(F)(F)F)c2)s1. The smallest absolute Gasteiger partial charge is 0.279 e. The van der Waals surface area contributed by atoms with Crippen LogP contribution in [0.15, 0.2) is 34.5 Å². The Morgan fingerprint density at radius 2 is 1.86 bits per heavy atom. The van der Waals surface area contributed by atoms with Crippen LogP contribution in [-0.4, -0.2) is 8.42 Å². The first kappa shape index (κ1) is 16.1. The fourth-order valence-corrected chi connectivity index (χ4v) is 4.13. The molecule has 0 bridgehead atoms. The normalized spacial score (nSPS) is 12.4. The average molecular weight is 356 g/mol. The third kappa shape index (κ3) is 3.69. The van der Waals surface area contributed by atoms with Gasteiger partial charge >= 0.3 is 6.18 Å². The highest BCUT2D eigenvalue weighted by Crippen LogP contribution is 2.36. The molecule has 0 radical (unpaired) electrons. The quantitative estimate of drug-likeness (QED) is 0.879. The zero-order chi connectivity index (χ0) is 15.8. The molecule has 2 aromatic rings. The lowest BCUT2D eigenvalue weighted by Gasteiger charge is -2.12. The van der Waals surface area contributed by atoms with Crippen molar-refractivity contribution in [2.24, 2.45) is 0 Å². The largest absolute Gasteiger partial charge is 0.417 e. The van der Waals surface area contributed by atoms with Gasteiger partial charge in [0, 0.05) is 10.6 Å². The van der Waals surface area contributed by atoms with Crippen molar-refractivity contribution in [1.82, 2.24) is 0 Å². The molecule has 9 heteroatoms. The van der Waals surface area contributed by atoms with Gasteiger partial charge in [-0.2, -0.15) is 13.2 Å².